The largest absolute Gasteiger partial charge is 0.495 e. The van der Waals surface area contributed by atoms with Crippen LogP contribution in [0.4, 0.5) is 0 Å². The maximum Gasteiger partial charge on any atom is 0.141 e. The zero-order valence-corrected chi connectivity index (χ0v) is 14.0. The summed E-state index contributed by atoms with van der Waals surface area (Å²) in [6.07, 6.45) is 2.27. The molecule has 0 radical (unpaired) electrons. The first-order valence-corrected chi connectivity index (χ1v) is 7.51. The van der Waals surface area contributed by atoms with Crippen molar-refractivity contribution in [3.05, 3.63) is 22.2 Å². The van der Waals surface area contributed by atoms with Crippen molar-refractivity contribution in [3.8, 4) is 11.5 Å². The average molecular weight is 330 g/mol. The Balaban J connectivity index is 3.27. The molecule has 0 aliphatic heterocycles. The van der Waals surface area contributed by atoms with Gasteiger partial charge in [-0.3, -0.25) is 0 Å². The summed E-state index contributed by atoms with van der Waals surface area (Å²) in [6.45, 7) is 4.45. The lowest BCUT2D eigenvalue weighted by Crippen LogP contribution is -2.25. The lowest BCUT2D eigenvalue weighted by atomic mass is 9.88. The monoisotopic (exact) mass is 329 g/mol. The molecule has 1 rings (SSSR count). The Morgan fingerprint density at radius 2 is 1.79 bits per heavy atom. The average Bonchev–Trinajstić information content (AvgIpc) is 2.44. The molecule has 1 atom stereocenters. The van der Waals surface area contributed by atoms with E-state index in [0.29, 0.717) is 5.92 Å². The van der Waals surface area contributed by atoms with Crippen molar-refractivity contribution in [2.24, 2.45) is 5.92 Å². The van der Waals surface area contributed by atoms with Crippen LogP contribution in [0.1, 0.15) is 38.3 Å². The van der Waals surface area contributed by atoms with E-state index >= 15 is 0 Å². The van der Waals surface area contributed by atoms with Gasteiger partial charge in [0, 0.05) is 11.6 Å². The van der Waals surface area contributed by atoms with E-state index < -0.39 is 0 Å². The van der Waals surface area contributed by atoms with Crippen molar-refractivity contribution in [1.82, 2.24) is 5.32 Å². The third-order valence-corrected chi connectivity index (χ3v) is 4.43. The van der Waals surface area contributed by atoms with E-state index in [-0.39, 0.29) is 6.04 Å². The molecule has 1 aromatic rings. The number of hydrogen-bond acceptors (Lipinski definition) is 3. The third kappa shape index (κ3) is 3.42. The summed E-state index contributed by atoms with van der Waals surface area (Å²) in [5, 5.41) is 3.42. The molecule has 0 aliphatic rings. The number of benzene rings is 1. The molecule has 0 spiro atoms. The van der Waals surface area contributed by atoms with E-state index in [2.05, 4.69) is 41.2 Å². The van der Waals surface area contributed by atoms with Crippen molar-refractivity contribution in [1.29, 1.82) is 0 Å². The molecule has 4 heteroatoms. The molecule has 0 aliphatic carbocycles. The summed E-state index contributed by atoms with van der Waals surface area (Å²) in [4.78, 5) is 0. The topological polar surface area (TPSA) is 30.5 Å². The fourth-order valence-electron chi connectivity index (χ4n) is 2.57. The number of ether oxygens (including phenoxy) is 2. The predicted molar refractivity (Wildman–Crippen MR) is 83.1 cm³/mol. The molecule has 0 aromatic heterocycles. The van der Waals surface area contributed by atoms with Crippen LogP contribution < -0.4 is 14.8 Å². The van der Waals surface area contributed by atoms with E-state index in [0.717, 1.165) is 28.8 Å². The minimum absolute atomic E-state index is 0.284. The van der Waals surface area contributed by atoms with Gasteiger partial charge in [0.05, 0.1) is 14.2 Å². The van der Waals surface area contributed by atoms with Gasteiger partial charge in [-0.1, -0.05) is 26.7 Å². The van der Waals surface area contributed by atoms with Gasteiger partial charge in [0.15, 0.2) is 0 Å². The highest BCUT2D eigenvalue weighted by Gasteiger charge is 2.24. The fraction of sp³-hybridized carbons (Fsp3) is 0.600. The van der Waals surface area contributed by atoms with E-state index in [4.69, 9.17) is 9.47 Å². The maximum absolute atomic E-state index is 5.57. The van der Waals surface area contributed by atoms with E-state index in [9.17, 15) is 0 Å². The summed E-state index contributed by atoms with van der Waals surface area (Å²) in [6, 6.07) is 4.35. The molecular formula is C15H24BrNO2. The molecule has 0 amide bonds. The summed E-state index contributed by atoms with van der Waals surface area (Å²) in [5.74, 6) is 2.23. The van der Waals surface area contributed by atoms with E-state index in [1.54, 1.807) is 14.2 Å². The Kier molecular flexibility index (Phi) is 6.66. The predicted octanol–water partition coefficient (Wildman–Crippen LogP) is 4.16. The van der Waals surface area contributed by atoms with Gasteiger partial charge in [0.2, 0.25) is 0 Å². The number of methoxy groups -OCH3 is 2. The Labute approximate surface area is 124 Å². The first-order chi connectivity index (χ1) is 9.14. The van der Waals surface area contributed by atoms with Crippen LogP contribution in [0.5, 0.6) is 11.5 Å². The van der Waals surface area contributed by atoms with Gasteiger partial charge in [0.1, 0.15) is 16.0 Å². The Bertz CT molecular complexity index is 405. The Hall–Kier alpha value is -0.740. The van der Waals surface area contributed by atoms with Crippen LogP contribution in [-0.4, -0.2) is 21.3 Å². The zero-order chi connectivity index (χ0) is 14.4. The minimum atomic E-state index is 0.284. The van der Waals surface area contributed by atoms with Crippen molar-refractivity contribution in [3.63, 3.8) is 0 Å². The summed E-state index contributed by atoms with van der Waals surface area (Å²) < 4.78 is 11.8. The van der Waals surface area contributed by atoms with Crippen molar-refractivity contribution in [2.45, 2.75) is 32.7 Å². The van der Waals surface area contributed by atoms with Crippen LogP contribution >= 0.6 is 15.9 Å². The summed E-state index contributed by atoms with van der Waals surface area (Å²) in [5.41, 5.74) is 1.17. The second-order valence-corrected chi connectivity index (χ2v) is 5.34. The molecule has 1 unspecified atom stereocenters. The van der Waals surface area contributed by atoms with Crippen LogP contribution in [-0.2, 0) is 0 Å². The third-order valence-electron chi connectivity index (χ3n) is 3.68. The van der Waals surface area contributed by atoms with Crippen molar-refractivity contribution in [2.75, 3.05) is 21.3 Å². The van der Waals surface area contributed by atoms with Gasteiger partial charge in [-0.2, -0.15) is 0 Å². The first-order valence-electron chi connectivity index (χ1n) is 6.72. The van der Waals surface area contributed by atoms with E-state index in [1.165, 1.54) is 5.56 Å². The molecule has 0 fully saturated rings. The molecule has 1 N–H and O–H groups in total. The standard InChI is InChI=1S/C15H24BrNO2/c1-6-10(7-2)14(17-3)11-8-9-12(18-4)13(16)15(11)19-5/h8-10,14,17H,6-7H2,1-5H3. The second-order valence-electron chi connectivity index (χ2n) is 4.55. The van der Waals surface area contributed by atoms with Crippen molar-refractivity contribution < 1.29 is 9.47 Å². The highest BCUT2D eigenvalue weighted by Crippen LogP contribution is 2.42. The van der Waals surface area contributed by atoms with E-state index in [1.807, 2.05) is 13.1 Å². The van der Waals surface area contributed by atoms with Gasteiger partial charge < -0.3 is 14.8 Å². The number of rotatable bonds is 7. The van der Waals surface area contributed by atoms with Crippen LogP contribution in [0.3, 0.4) is 0 Å². The number of nitrogens with one attached hydrogen (secondary N) is 1. The molecule has 108 valence electrons. The minimum Gasteiger partial charge on any atom is -0.495 e. The van der Waals surface area contributed by atoms with Crippen LogP contribution in [0, 0.1) is 5.92 Å². The highest BCUT2D eigenvalue weighted by atomic mass is 79.9. The normalized spacial score (nSPS) is 12.6. The van der Waals surface area contributed by atoms with Crippen LogP contribution in [0.15, 0.2) is 16.6 Å². The molecule has 0 saturated heterocycles. The van der Waals surface area contributed by atoms with Gasteiger partial charge >= 0.3 is 0 Å². The molecular weight excluding hydrogens is 306 g/mol. The second kappa shape index (κ2) is 7.75. The lowest BCUT2D eigenvalue weighted by Gasteiger charge is -2.27. The molecule has 0 heterocycles. The summed E-state index contributed by atoms with van der Waals surface area (Å²) in [7, 11) is 5.36. The molecule has 1 aromatic carbocycles. The smallest absolute Gasteiger partial charge is 0.141 e. The highest BCUT2D eigenvalue weighted by molar-refractivity contribution is 9.10. The molecule has 0 bridgehead atoms. The van der Waals surface area contributed by atoms with Crippen LogP contribution in [0.2, 0.25) is 0 Å². The van der Waals surface area contributed by atoms with Gasteiger partial charge in [0.25, 0.3) is 0 Å². The van der Waals surface area contributed by atoms with Gasteiger partial charge in [-0.05, 0) is 41.0 Å². The number of halogens is 1. The molecule has 0 saturated carbocycles. The Morgan fingerprint density at radius 1 is 1.16 bits per heavy atom. The maximum atomic E-state index is 5.57. The zero-order valence-electron chi connectivity index (χ0n) is 12.4. The lowest BCUT2D eigenvalue weighted by molar-refractivity contribution is 0.336. The quantitative estimate of drug-likeness (QED) is 0.814. The van der Waals surface area contributed by atoms with Crippen molar-refractivity contribution >= 4 is 15.9 Å². The SMILES string of the molecule is CCC(CC)C(NC)c1ccc(OC)c(Br)c1OC. The van der Waals surface area contributed by atoms with Gasteiger partial charge in [-0.25, -0.2) is 0 Å². The Morgan fingerprint density at radius 3 is 2.21 bits per heavy atom. The summed E-state index contributed by atoms with van der Waals surface area (Å²) >= 11 is 3.57. The molecule has 19 heavy (non-hydrogen) atoms. The molecule has 3 nitrogen and oxygen atoms in total. The van der Waals surface area contributed by atoms with Gasteiger partial charge in [-0.15, -0.1) is 0 Å². The first kappa shape index (κ1) is 16.3. The number of hydrogen-bond donors (Lipinski definition) is 1. The van der Waals surface area contributed by atoms with Crippen LogP contribution in [0.25, 0.3) is 0 Å². The fourth-order valence-corrected chi connectivity index (χ4v) is 3.25.